The highest BCUT2D eigenvalue weighted by molar-refractivity contribution is 8.77. The van der Waals surface area contributed by atoms with Gasteiger partial charge in [-0.05, 0) is 41.0 Å². The SMILES string of the molecule is CN(CCN(C)C(=O)OC(C)(C)C)C(=O)CCC(C)(C)SSCCO. The number of nitrogens with zero attached hydrogens (tertiary/aromatic N) is 2. The predicted molar refractivity (Wildman–Crippen MR) is 107 cm³/mol. The zero-order chi connectivity index (χ0) is 19.7. The lowest BCUT2D eigenvalue weighted by Crippen LogP contribution is -2.40. The van der Waals surface area contributed by atoms with Crippen molar-refractivity contribution in [3.8, 4) is 0 Å². The maximum atomic E-state index is 12.3. The first-order valence-electron chi connectivity index (χ1n) is 8.47. The van der Waals surface area contributed by atoms with Gasteiger partial charge in [0.25, 0.3) is 0 Å². The number of carbonyl (C=O) groups excluding carboxylic acids is 2. The second-order valence-electron chi connectivity index (χ2n) is 7.61. The minimum absolute atomic E-state index is 0.0242. The minimum Gasteiger partial charge on any atom is -0.444 e. The Kier molecular flexibility index (Phi) is 10.9. The number of aliphatic hydroxyl groups is 1. The number of hydrogen-bond donors (Lipinski definition) is 1. The number of rotatable bonds is 10. The molecule has 0 heterocycles. The van der Waals surface area contributed by atoms with E-state index in [0.29, 0.717) is 25.3 Å². The van der Waals surface area contributed by atoms with Gasteiger partial charge in [-0.1, -0.05) is 21.6 Å². The number of ether oxygens (including phenoxy) is 1. The Labute approximate surface area is 160 Å². The molecule has 0 spiro atoms. The summed E-state index contributed by atoms with van der Waals surface area (Å²) in [6.45, 7) is 10.8. The maximum absolute atomic E-state index is 12.3. The molecule has 0 saturated carbocycles. The summed E-state index contributed by atoms with van der Waals surface area (Å²) in [4.78, 5) is 27.3. The highest BCUT2D eigenvalue weighted by Crippen LogP contribution is 2.38. The molecule has 8 heteroatoms. The average molecular weight is 395 g/mol. The maximum Gasteiger partial charge on any atom is 0.410 e. The van der Waals surface area contributed by atoms with E-state index >= 15 is 0 Å². The van der Waals surface area contributed by atoms with Crippen molar-refractivity contribution in [2.75, 3.05) is 39.5 Å². The topological polar surface area (TPSA) is 70.1 Å². The van der Waals surface area contributed by atoms with Crippen molar-refractivity contribution in [3.63, 3.8) is 0 Å². The van der Waals surface area contributed by atoms with E-state index in [9.17, 15) is 9.59 Å². The largest absolute Gasteiger partial charge is 0.444 e. The number of hydrogen-bond acceptors (Lipinski definition) is 6. The summed E-state index contributed by atoms with van der Waals surface area (Å²) in [6.07, 6.45) is 0.847. The van der Waals surface area contributed by atoms with Crippen molar-refractivity contribution in [2.45, 2.75) is 57.8 Å². The number of carbonyl (C=O) groups is 2. The van der Waals surface area contributed by atoms with Gasteiger partial charge in [0.15, 0.2) is 0 Å². The highest BCUT2D eigenvalue weighted by atomic mass is 33.1. The molecular formula is C17H34N2O4S2. The van der Waals surface area contributed by atoms with Gasteiger partial charge in [0.05, 0.1) is 6.61 Å². The van der Waals surface area contributed by atoms with Crippen LogP contribution in [0.15, 0.2) is 0 Å². The Bertz CT molecular complexity index is 425. The van der Waals surface area contributed by atoms with E-state index in [1.807, 2.05) is 20.8 Å². The minimum atomic E-state index is -0.523. The molecule has 0 atom stereocenters. The summed E-state index contributed by atoms with van der Waals surface area (Å²) < 4.78 is 5.27. The average Bonchev–Trinajstić information content (AvgIpc) is 2.48. The van der Waals surface area contributed by atoms with E-state index in [-0.39, 0.29) is 23.4 Å². The summed E-state index contributed by atoms with van der Waals surface area (Å²) in [7, 11) is 6.75. The standard InChI is InChI=1S/C17H34N2O4S2/c1-16(2,3)23-15(22)19(7)11-10-18(6)14(21)8-9-17(4,5)25-24-13-12-20/h20H,8-13H2,1-7H3. The van der Waals surface area contributed by atoms with Gasteiger partial charge >= 0.3 is 6.09 Å². The smallest absolute Gasteiger partial charge is 0.410 e. The number of likely N-dealkylation sites (N-methyl/N-ethyl adjacent to an activating group) is 2. The second kappa shape index (κ2) is 11.2. The fourth-order valence-corrected chi connectivity index (χ4v) is 4.08. The Morgan fingerprint density at radius 3 is 2.12 bits per heavy atom. The summed E-state index contributed by atoms with van der Waals surface area (Å²) in [6, 6.07) is 0. The summed E-state index contributed by atoms with van der Waals surface area (Å²) in [5.41, 5.74) is -0.523. The van der Waals surface area contributed by atoms with Gasteiger partial charge in [0.2, 0.25) is 5.91 Å². The van der Waals surface area contributed by atoms with Crippen LogP contribution >= 0.6 is 21.6 Å². The summed E-state index contributed by atoms with van der Waals surface area (Å²) in [5, 5.41) is 8.83. The Hall–Kier alpha value is -0.600. The zero-order valence-electron chi connectivity index (χ0n) is 16.6. The van der Waals surface area contributed by atoms with Crippen molar-refractivity contribution in [1.82, 2.24) is 9.80 Å². The van der Waals surface area contributed by atoms with Crippen molar-refractivity contribution < 1.29 is 19.4 Å². The van der Waals surface area contributed by atoms with Gasteiger partial charge in [0.1, 0.15) is 5.60 Å². The van der Waals surface area contributed by atoms with Gasteiger partial charge in [0, 0.05) is 44.1 Å². The molecule has 25 heavy (non-hydrogen) atoms. The van der Waals surface area contributed by atoms with Crippen molar-refractivity contribution >= 4 is 33.6 Å². The van der Waals surface area contributed by atoms with E-state index in [1.54, 1.807) is 40.6 Å². The number of amides is 2. The van der Waals surface area contributed by atoms with E-state index in [2.05, 4.69) is 13.8 Å². The van der Waals surface area contributed by atoms with Gasteiger partial charge in [-0.2, -0.15) is 0 Å². The van der Waals surface area contributed by atoms with E-state index in [4.69, 9.17) is 9.84 Å². The first-order chi connectivity index (χ1) is 11.4. The third-order valence-electron chi connectivity index (χ3n) is 3.30. The fourth-order valence-electron chi connectivity index (χ4n) is 1.73. The first-order valence-corrected chi connectivity index (χ1v) is 10.8. The molecule has 0 aromatic rings. The molecule has 0 rings (SSSR count). The van der Waals surface area contributed by atoms with E-state index in [0.717, 1.165) is 6.42 Å². The molecule has 6 nitrogen and oxygen atoms in total. The van der Waals surface area contributed by atoms with Crippen molar-refractivity contribution in [3.05, 3.63) is 0 Å². The zero-order valence-corrected chi connectivity index (χ0v) is 18.3. The lowest BCUT2D eigenvalue weighted by Gasteiger charge is -2.27. The lowest BCUT2D eigenvalue weighted by molar-refractivity contribution is -0.130. The van der Waals surface area contributed by atoms with Crippen LogP contribution in [0.25, 0.3) is 0 Å². The van der Waals surface area contributed by atoms with Crippen LogP contribution in [0.4, 0.5) is 4.79 Å². The molecule has 0 fully saturated rings. The van der Waals surface area contributed by atoms with Crippen LogP contribution in [0.1, 0.15) is 47.5 Å². The molecule has 0 aliphatic heterocycles. The molecular weight excluding hydrogens is 360 g/mol. The molecule has 0 bridgehead atoms. The quantitative estimate of drug-likeness (QED) is 0.453. The molecule has 0 aromatic carbocycles. The molecule has 148 valence electrons. The third kappa shape index (κ3) is 12.4. The van der Waals surface area contributed by atoms with Crippen LogP contribution in [0, 0.1) is 0 Å². The number of aliphatic hydroxyl groups excluding tert-OH is 1. The second-order valence-corrected chi connectivity index (χ2v) is 10.7. The molecule has 0 radical (unpaired) electrons. The van der Waals surface area contributed by atoms with Gasteiger partial charge in [-0.25, -0.2) is 4.79 Å². The Balaban J connectivity index is 4.19. The van der Waals surface area contributed by atoms with Crippen LogP contribution in [-0.2, 0) is 9.53 Å². The fraction of sp³-hybridized carbons (Fsp3) is 0.882. The van der Waals surface area contributed by atoms with E-state index < -0.39 is 5.60 Å². The molecule has 0 aliphatic carbocycles. The summed E-state index contributed by atoms with van der Waals surface area (Å²) in [5.74, 6) is 0.761. The van der Waals surface area contributed by atoms with Crippen molar-refractivity contribution in [1.29, 1.82) is 0 Å². The van der Waals surface area contributed by atoms with Crippen molar-refractivity contribution in [2.24, 2.45) is 0 Å². The first kappa shape index (κ1) is 24.4. The summed E-state index contributed by atoms with van der Waals surface area (Å²) >= 11 is 0. The molecule has 0 aliphatic rings. The Morgan fingerprint density at radius 1 is 1.04 bits per heavy atom. The van der Waals surface area contributed by atoms with Crippen LogP contribution in [0.5, 0.6) is 0 Å². The van der Waals surface area contributed by atoms with Gasteiger partial charge in [-0.3, -0.25) is 4.79 Å². The van der Waals surface area contributed by atoms with Gasteiger partial charge < -0.3 is 19.6 Å². The monoisotopic (exact) mass is 394 g/mol. The van der Waals surface area contributed by atoms with Crippen LogP contribution in [0.2, 0.25) is 0 Å². The van der Waals surface area contributed by atoms with Crippen LogP contribution in [-0.4, -0.2) is 76.8 Å². The molecule has 0 aromatic heterocycles. The predicted octanol–water partition coefficient (Wildman–Crippen LogP) is 3.24. The Morgan fingerprint density at radius 2 is 1.60 bits per heavy atom. The highest BCUT2D eigenvalue weighted by Gasteiger charge is 2.23. The van der Waals surface area contributed by atoms with Crippen LogP contribution < -0.4 is 0 Å². The normalized spacial score (nSPS) is 12.0. The molecule has 0 unspecified atom stereocenters. The molecule has 0 saturated heterocycles. The van der Waals surface area contributed by atoms with Crippen LogP contribution in [0.3, 0.4) is 0 Å². The third-order valence-corrected chi connectivity index (χ3v) is 6.63. The lowest BCUT2D eigenvalue weighted by atomic mass is 10.1. The molecule has 2 amide bonds. The molecule has 1 N–H and O–H groups in total. The van der Waals surface area contributed by atoms with E-state index in [1.165, 1.54) is 4.90 Å². The van der Waals surface area contributed by atoms with Gasteiger partial charge in [-0.15, -0.1) is 0 Å².